The number of amides is 3. The van der Waals surface area contributed by atoms with Gasteiger partial charge in [0.2, 0.25) is 0 Å². The summed E-state index contributed by atoms with van der Waals surface area (Å²) in [5.41, 5.74) is 2.51. The topological polar surface area (TPSA) is 102 Å². The fourth-order valence-electron chi connectivity index (χ4n) is 3.87. The molecule has 0 aliphatic carbocycles. The highest BCUT2D eigenvalue weighted by atomic mass is 16.5. The number of hydrogen-bond donors (Lipinski definition) is 0. The first kappa shape index (κ1) is 25.7. The molecule has 1 heterocycles. The average molecular weight is 483 g/mol. The number of benzene rings is 2. The lowest BCUT2D eigenvalue weighted by molar-refractivity contribution is -0.152. The van der Waals surface area contributed by atoms with Crippen LogP contribution in [0.15, 0.2) is 36.4 Å². The zero-order valence-electron chi connectivity index (χ0n) is 20.5. The van der Waals surface area contributed by atoms with Gasteiger partial charge in [-0.05, 0) is 50.1 Å². The van der Waals surface area contributed by atoms with Gasteiger partial charge in [-0.2, -0.15) is 0 Å². The molecule has 1 aliphatic rings. The van der Waals surface area contributed by atoms with Crippen molar-refractivity contribution in [2.45, 2.75) is 33.2 Å². The number of fused-ring (bicyclic) bond motifs is 1. The predicted molar refractivity (Wildman–Crippen MR) is 127 cm³/mol. The first-order chi connectivity index (χ1) is 16.8. The van der Waals surface area contributed by atoms with Crippen molar-refractivity contribution in [3.63, 3.8) is 0 Å². The van der Waals surface area contributed by atoms with Crippen LogP contribution in [0.3, 0.4) is 0 Å². The molecule has 3 amide bonds. The molecule has 0 saturated heterocycles. The van der Waals surface area contributed by atoms with E-state index in [1.165, 1.54) is 0 Å². The minimum atomic E-state index is -0.562. The molecule has 2 aromatic carbocycles. The van der Waals surface area contributed by atoms with Crippen LogP contribution in [0.2, 0.25) is 0 Å². The predicted octanol–water partition coefficient (Wildman–Crippen LogP) is 2.98. The van der Waals surface area contributed by atoms with Crippen molar-refractivity contribution in [2.75, 3.05) is 33.9 Å². The van der Waals surface area contributed by atoms with Crippen LogP contribution in [0, 0.1) is 6.92 Å². The molecule has 0 spiro atoms. The second-order valence-corrected chi connectivity index (χ2v) is 8.17. The molecule has 0 atom stereocenters. The van der Waals surface area contributed by atoms with Crippen molar-refractivity contribution in [2.24, 2.45) is 0 Å². The Hall–Kier alpha value is -3.88. The van der Waals surface area contributed by atoms with Gasteiger partial charge < -0.3 is 19.1 Å². The van der Waals surface area contributed by atoms with E-state index in [1.807, 2.05) is 19.9 Å². The van der Waals surface area contributed by atoms with Crippen molar-refractivity contribution in [3.8, 4) is 11.5 Å². The molecule has 35 heavy (non-hydrogen) atoms. The van der Waals surface area contributed by atoms with Gasteiger partial charge in [0.25, 0.3) is 17.7 Å². The standard InChI is InChI=1S/C26H30N2O7/c1-5-27(15-18-9-11-21(33-3)22(14-18)34-4)23(29)16-35-24(30)7-6-12-28-25(31)19-10-8-17(2)13-20(19)26(28)32/h8-11,13-14H,5-7,12,15-16H2,1-4H3. The number of likely N-dealkylation sites (N-methyl/N-ethyl adjacent to an activating group) is 1. The normalized spacial score (nSPS) is 12.4. The highest BCUT2D eigenvalue weighted by Crippen LogP contribution is 2.28. The number of esters is 1. The number of carbonyl (C=O) groups is 4. The third-order valence-corrected chi connectivity index (χ3v) is 5.80. The Morgan fingerprint density at radius 1 is 0.943 bits per heavy atom. The molecular weight excluding hydrogens is 452 g/mol. The fourth-order valence-corrected chi connectivity index (χ4v) is 3.87. The number of hydrogen-bond acceptors (Lipinski definition) is 7. The molecule has 0 saturated carbocycles. The Labute approximate surface area is 204 Å². The Morgan fingerprint density at radius 3 is 2.34 bits per heavy atom. The maximum absolute atomic E-state index is 12.6. The van der Waals surface area contributed by atoms with Crippen LogP contribution in [-0.2, 0) is 20.9 Å². The molecule has 0 unspecified atom stereocenters. The third-order valence-electron chi connectivity index (χ3n) is 5.80. The zero-order valence-corrected chi connectivity index (χ0v) is 20.5. The smallest absolute Gasteiger partial charge is 0.306 e. The molecule has 0 radical (unpaired) electrons. The molecule has 0 fully saturated rings. The molecule has 186 valence electrons. The largest absolute Gasteiger partial charge is 0.493 e. The maximum Gasteiger partial charge on any atom is 0.306 e. The highest BCUT2D eigenvalue weighted by Gasteiger charge is 2.35. The van der Waals surface area contributed by atoms with E-state index in [1.54, 1.807) is 49.5 Å². The second kappa shape index (κ2) is 11.5. The Kier molecular flexibility index (Phi) is 8.46. The molecule has 2 aromatic rings. The Morgan fingerprint density at radius 2 is 1.66 bits per heavy atom. The Bertz CT molecular complexity index is 1130. The van der Waals surface area contributed by atoms with E-state index < -0.39 is 5.97 Å². The zero-order chi connectivity index (χ0) is 25.5. The third kappa shape index (κ3) is 5.98. The number of rotatable bonds is 11. The van der Waals surface area contributed by atoms with E-state index >= 15 is 0 Å². The number of imide groups is 1. The molecule has 3 rings (SSSR count). The van der Waals surface area contributed by atoms with Crippen LogP contribution >= 0.6 is 0 Å². The number of methoxy groups -OCH3 is 2. The average Bonchev–Trinajstić information content (AvgIpc) is 3.09. The van der Waals surface area contributed by atoms with Crippen LogP contribution in [0.4, 0.5) is 0 Å². The summed E-state index contributed by atoms with van der Waals surface area (Å²) in [6.45, 7) is 4.17. The van der Waals surface area contributed by atoms with Crippen LogP contribution in [-0.4, -0.2) is 67.4 Å². The van der Waals surface area contributed by atoms with Crippen molar-refractivity contribution >= 4 is 23.7 Å². The monoisotopic (exact) mass is 482 g/mol. The lowest BCUT2D eigenvalue weighted by Gasteiger charge is -2.21. The number of nitrogens with zero attached hydrogens (tertiary/aromatic N) is 2. The van der Waals surface area contributed by atoms with Crippen LogP contribution < -0.4 is 9.47 Å². The van der Waals surface area contributed by atoms with E-state index in [4.69, 9.17) is 14.2 Å². The number of carbonyl (C=O) groups excluding carboxylic acids is 4. The van der Waals surface area contributed by atoms with Gasteiger partial charge in [-0.25, -0.2) is 0 Å². The maximum atomic E-state index is 12.6. The van der Waals surface area contributed by atoms with E-state index in [9.17, 15) is 19.2 Å². The van der Waals surface area contributed by atoms with Gasteiger partial charge in [0.15, 0.2) is 18.1 Å². The molecule has 0 aromatic heterocycles. The molecule has 0 bridgehead atoms. The van der Waals surface area contributed by atoms with E-state index in [0.717, 1.165) is 16.0 Å². The molecule has 9 heteroatoms. The van der Waals surface area contributed by atoms with Crippen molar-refractivity contribution in [3.05, 3.63) is 58.7 Å². The van der Waals surface area contributed by atoms with E-state index in [2.05, 4.69) is 0 Å². The Balaban J connectivity index is 1.45. The molecule has 9 nitrogen and oxygen atoms in total. The van der Waals surface area contributed by atoms with E-state index in [0.29, 0.717) is 35.7 Å². The summed E-state index contributed by atoms with van der Waals surface area (Å²) in [7, 11) is 3.09. The van der Waals surface area contributed by atoms with Gasteiger partial charge in [-0.3, -0.25) is 24.1 Å². The van der Waals surface area contributed by atoms with Crippen molar-refractivity contribution in [1.29, 1.82) is 0 Å². The lowest BCUT2D eigenvalue weighted by atomic mass is 10.1. The minimum Gasteiger partial charge on any atom is -0.493 e. The van der Waals surface area contributed by atoms with E-state index in [-0.39, 0.29) is 43.7 Å². The highest BCUT2D eigenvalue weighted by molar-refractivity contribution is 6.21. The fraction of sp³-hybridized carbons (Fsp3) is 0.385. The summed E-state index contributed by atoms with van der Waals surface area (Å²) in [5.74, 6) is -0.448. The van der Waals surface area contributed by atoms with Crippen LogP contribution in [0.25, 0.3) is 0 Å². The van der Waals surface area contributed by atoms with Crippen molar-refractivity contribution < 1.29 is 33.4 Å². The van der Waals surface area contributed by atoms with Crippen molar-refractivity contribution in [1.82, 2.24) is 9.80 Å². The van der Waals surface area contributed by atoms with Gasteiger partial charge in [0, 0.05) is 26.1 Å². The number of aryl methyl sites for hydroxylation is 1. The van der Waals surface area contributed by atoms with Gasteiger partial charge in [0.1, 0.15) is 0 Å². The summed E-state index contributed by atoms with van der Waals surface area (Å²) in [6.07, 6.45) is 0.238. The van der Waals surface area contributed by atoms with Gasteiger partial charge in [-0.1, -0.05) is 17.7 Å². The van der Waals surface area contributed by atoms with Crippen LogP contribution in [0.5, 0.6) is 11.5 Å². The quantitative estimate of drug-likeness (QED) is 0.358. The molecule has 0 N–H and O–H groups in total. The summed E-state index contributed by atoms with van der Waals surface area (Å²) in [4.78, 5) is 52.4. The first-order valence-corrected chi connectivity index (χ1v) is 11.4. The summed E-state index contributed by atoms with van der Waals surface area (Å²) >= 11 is 0. The van der Waals surface area contributed by atoms with Gasteiger partial charge in [-0.15, -0.1) is 0 Å². The van der Waals surface area contributed by atoms with Gasteiger partial charge >= 0.3 is 5.97 Å². The lowest BCUT2D eigenvalue weighted by Crippen LogP contribution is -2.34. The second-order valence-electron chi connectivity index (χ2n) is 8.17. The van der Waals surface area contributed by atoms with Gasteiger partial charge in [0.05, 0.1) is 25.3 Å². The molecule has 1 aliphatic heterocycles. The summed E-state index contributed by atoms with van der Waals surface area (Å²) < 4.78 is 15.7. The number of ether oxygens (including phenoxy) is 3. The minimum absolute atomic E-state index is 0.0124. The summed E-state index contributed by atoms with van der Waals surface area (Å²) in [6, 6.07) is 10.5. The first-order valence-electron chi connectivity index (χ1n) is 11.4. The van der Waals surface area contributed by atoms with Crippen LogP contribution in [0.1, 0.15) is 51.6 Å². The summed E-state index contributed by atoms with van der Waals surface area (Å²) in [5, 5.41) is 0. The SMILES string of the molecule is CCN(Cc1ccc(OC)c(OC)c1)C(=O)COC(=O)CCCN1C(=O)c2ccc(C)cc2C1=O. The molecular formula is C26H30N2O7.